The first-order valence-corrected chi connectivity index (χ1v) is 11.3. The quantitative estimate of drug-likeness (QED) is 0.412. The first kappa shape index (κ1) is 21.6. The van der Waals surface area contributed by atoms with Crippen molar-refractivity contribution in [2.45, 2.75) is 32.6 Å². The van der Waals surface area contributed by atoms with Gasteiger partial charge in [0.2, 0.25) is 5.13 Å². The van der Waals surface area contributed by atoms with Crippen LogP contribution in [-0.4, -0.2) is 26.3 Å². The Bertz CT molecular complexity index is 1260. The molecule has 0 unspecified atom stereocenters. The molecule has 0 bridgehead atoms. The molecule has 2 aromatic carbocycles. The molecule has 4 aromatic rings. The maximum atomic E-state index is 13.3. The normalized spacial score (nSPS) is 11.0. The van der Waals surface area contributed by atoms with Crippen LogP contribution in [0, 0.1) is 0 Å². The topological polar surface area (TPSA) is 101 Å². The van der Waals surface area contributed by atoms with E-state index in [0.717, 1.165) is 29.0 Å². The van der Waals surface area contributed by atoms with Crippen molar-refractivity contribution in [3.63, 3.8) is 0 Å². The Morgan fingerprint density at radius 2 is 1.59 bits per heavy atom. The predicted octanol–water partition coefficient (Wildman–Crippen LogP) is 5.11. The summed E-state index contributed by atoms with van der Waals surface area (Å²) < 4.78 is 0. The highest BCUT2D eigenvalue weighted by Gasteiger charge is 2.24. The fourth-order valence-corrected chi connectivity index (χ4v) is 4.61. The van der Waals surface area contributed by atoms with Crippen LogP contribution in [0.1, 0.15) is 48.0 Å². The van der Waals surface area contributed by atoms with Gasteiger partial charge in [-0.2, -0.15) is 5.10 Å². The van der Waals surface area contributed by atoms with Gasteiger partial charge in [0.05, 0.1) is 5.69 Å². The fraction of sp³-hybridized carbons (Fsp3) is 0.208. The minimum atomic E-state index is -0.564. The summed E-state index contributed by atoms with van der Waals surface area (Å²) in [4.78, 5) is 26.1. The molecule has 0 spiro atoms. The first-order chi connectivity index (χ1) is 15.6. The van der Waals surface area contributed by atoms with E-state index in [1.165, 1.54) is 11.3 Å². The molecule has 2 heterocycles. The van der Waals surface area contributed by atoms with E-state index in [2.05, 4.69) is 39.6 Å². The Labute approximate surface area is 189 Å². The van der Waals surface area contributed by atoms with Crippen LogP contribution in [0.3, 0.4) is 0 Å². The molecule has 32 heavy (non-hydrogen) atoms. The molecule has 0 atom stereocenters. The summed E-state index contributed by atoms with van der Waals surface area (Å²) in [6.45, 7) is 4.20. The average Bonchev–Trinajstić information content (AvgIpc) is 3.28. The van der Waals surface area contributed by atoms with Gasteiger partial charge in [-0.15, -0.1) is 10.2 Å². The van der Waals surface area contributed by atoms with Crippen LogP contribution < -0.4 is 10.9 Å². The molecule has 0 aliphatic heterocycles. The zero-order chi connectivity index (χ0) is 22.5. The number of carbonyl (C=O) groups is 1. The second kappa shape index (κ2) is 9.65. The molecule has 7 nitrogen and oxygen atoms in total. The zero-order valence-electron chi connectivity index (χ0n) is 17.8. The number of nitrogens with one attached hydrogen (secondary N) is 2. The number of amides is 1. The molecule has 2 aromatic heterocycles. The molecular weight excluding hydrogens is 422 g/mol. The molecule has 162 valence electrons. The number of H-pyrrole nitrogens is 1. The lowest BCUT2D eigenvalue weighted by atomic mass is 9.95. The SMILES string of the molecule is CCC(CC)c1nnc(NC(=O)c2c(-c3ccccc3)c(-c3ccccc3)n[nH]c2=O)s1. The second-order valence-corrected chi connectivity index (χ2v) is 8.31. The van der Waals surface area contributed by atoms with E-state index in [4.69, 9.17) is 0 Å². The Morgan fingerprint density at radius 3 is 2.22 bits per heavy atom. The Morgan fingerprint density at radius 1 is 0.969 bits per heavy atom. The second-order valence-electron chi connectivity index (χ2n) is 7.30. The van der Waals surface area contributed by atoms with E-state index in [-0.39, 0.29) is 5.56 Å². The van der Waals surface area contributed by atoms with Gasteiger partial charge in [0.25, 0.3) is 11.5 Å². The van der Waals surface area contributed by atoms with Crippen molar-refractivity contribution in [3.8, 4) is 22.4 Å². The van der Waals surface area contributed by atoms with Gasteiger partial charge >= 0.3 is 0 Å². The summed E-state index contributed by atoms with van der Waals surface area (Å²) >= 11 is 1.34. The van der Waals surface area contributed by atoms with Crippen LogP contribution in [0.2, 0.25) is 0 Å². The molecule has 0 fully saturated rings. The lowest BCUT2D eigenvalue weighted by Crippen LogP contribution is -2.26. The van der Waals surface area contributed by atoms with Crippen molar-refractivity contribution in [1.82, 2.24) is 20.4 Å². The lowest BCUT2D eigenvalue weighted by molar-refractivity contribution is 0.102. The highest BCUT2D eigenvalue weighted by Crippen LogP contribution is 2.33. The van der Waals surface area contributed by atoms with E-state index >= 15 is 0 Å². The number of nitrogens with zero attached hydrogens (tertiary/aromatic N) is 3. The molecule has 0 radical (unpaired) electrons. The number of aromatic amines is 1. The van der Waals surface area contributed by atoms with Crippen LogP contribution in [0.4, 0.5) is 5.13 Å². The average molecular weight is 446 g/mol. The van der Waals surface area contributed by atoms with Crippen molar-refractivity contribution < 1.29 is 4.79 Å². The number of anilines is 1. The monoisotopic (exact) mass is 445 g/mol. The number of benzene rings is 2. The third-order valence-corrected chi connectivity index (χ3v) is 6.32. The molecule has 0 aliphatic carbocycles. The molecule has 2 N–H and O–H groups in total. The van der Waals surface area contributed by atoms with Gasteiger partial charge in [-0.05, 0) is 18.4 Å². The van der Waals surface area contributed by atoms with Gasteiger partial charge < -0.3 is 0 Å². The molecule has 0 aliphatic rings. The number of hydrogen-bond donors (Lipinski definition) is 2. The fourth-order valence-electron chi connectivity index (χ4n) is 3.61. The van der Waals surface area contributed by atoms with Crippen molar-refractivity contribution in [2.75, 3.05) is 5.32 Å². The van der Waals surface area contributed by atoms with E-state index in [0.29, 0.717) is 22.3 Å². The molecule has 8 heteroatoms. The largest absolute Gasteiger partial charge is 0.296 e. The Kier molecular flexibility index (Phi) is 6.51. The lowest BCUT2D eigenvalue weighted by Gasteiger charge is -2.13. The number of carbonyl (C=O) groups excluding carboxylic acids is 1. The van der Waals surface area contributed by atoms with Crippen molar-refractivity contribution in [2.24, 2.45) is 0 Å². The smallest absolute Gasteiger partial charge is 0.277 e. The third-order valence-electron chi connectivity index (χ3n) is 5.32. The molecule has 4 rings (SSSR count). The van der Waals surface area contributed by atoms with Crippen LogP contribution >= 0.6 is 11.3 Å². The van der Waals surface area contributed by atoms with E-state index < -0.39 is 11.5 Å². The van der Waals surface area contributed by atoms with Crippen LogP contribution in [0.5, 0.6) is 0 Å². The van der Waals surface area contributed by atoms with Crippen molar-refractivity contribution >= 4 is 22.4 Å². The standard InChI is InChI=1S/C24H23N5O2S/c1-3-15(4-2)23-28-29-24(32-23)25-21(30)19-18(16-11-7-5-8-12-16)20(26-27-22(19)31)17-13-9-6-10-14-17/h5-15H,3-4H2,1-2H3,(H,27,31)(H,25,29,30). The summed E-state index contributed by atoms with van der Waals surface area (Å²) in [5, 5.41) is 19.1. The number of hydrogen-bond acceptors (Lipinski definition) is 6. The van der Waals surface area contributed by atoms with Crippen molar-refractivity contribution in [3.05, 3.63) is 81.6 Å². The molecule has 1 amide bonds. The Hall–Kier alpha value is -3.65. The van der Waals surface area contributed by atoms with E-state index in [1.54, 1.807) is 0 Å². The summed E-state index contributed by atoms with van der Waals surface area (Å²) in [6, 6.07) is 18.8. The number of aromatic nitrogens is 4. The maximum absolute atomic E-state index is 13.3. The van der Waals surface area contributed by atoms with E-state index in [9.17, 15) is 9.59 Å². The zero-order valence-corrected chi connectivity index (χ0v) is 18.6. The highest BCUT2D eigenvalue weighted by atomic mass is 32.1. The summed E-state index contributed by atoms with van der Waals surface area (Å²) in [6.07, 6.45) is 1.89. The first-order valence-electron chi connectivity index (χ1n) is 10.5. The van der Waals surface area contributed by atoms with Gasteiger partial charge in [0.15, 0.2) is 0 Å². The van der Waals surface area contributed by atoms with Gasteiger partial charge in [0, 0.05) is 17.0 Å². The maximum Gasteiger partial charge on any atom is 0.277 e. The Balaban J connectivity index is 1.80. The van der Waals surface area contributed by atoms with Gasteiger partial charge in [-0.25, -0.2) is 5.10 Å². The van der Waals surface area contributed by atoms with Crippen LogP contribution in [0.15, 0.2) is 65.5 Å². The van der Waals surface area contributed by atoms with Gasteiger partial charge in [-0.1, -0.05) is 85.8 Å². The van der Waals surface area contributed by atoms with Crippen LogP contribution in [-0.2, 0) is 0 Å². The highest BCUT2D eigenvalue weighted by molar-refractivity contribution is 7.15. The minimum absolute atomic E-state index is 0.00987. The summed E-state index contributed by atoms with van der Waals surface area (Å²) in [7, 11) is 0. The van der Waals surface area contributed by atoms with Crippen molar-refractivity contribution in [1.29, 1.82) is 0 Å². The molecular formula is C24H23N5O2S. The number of rotatable bonds is 7. The van der Waals surface area contributed by atoms with Gasteiger partial charge in [-0.3, -0.25) is 14.9 Å². The minimum Gasteiger partial charge on any atom is -0.296 e. The van der Waals surface area contributed by atoms with E-state index in [1.807, 2.05) is 60.7 Å². The van der Waals surface area contributed by atoms with Gasteiger partial charge in [0.1, 0.15) is 10.6 Å². The summed E-state index contributed by atoms with van der Waals surface area (Å²) in [5.41, 5.74) is 1.95. The molecule has 0 saturated carbocycles. The van der Waals surface area contributed by atoms with Crippen LogP contribution in [0.25, 0.3) is 22.4 Å². The molecule has 0 saturated heterocycles. The third kappa shape index (κ3) is 4.36. The summed E-state index contributed by atoms with van der Waals surface area (Å²) in [5.74, 6) is -0.246. The predicted molar refractivity (Wildman–Crippen MR) is 127 cm³/mol.